The summed E-state index contributed by atoms with van der Waals surface area (Å²) < 4.78 is 50.8. The van der Waals surface area contributed by atoms with E-state index < -0.39 is 243 Å². The van der Waals surface area contributed by atoms with Gasteiger partial charge in [0.25, 0.3) is 0 Å². The van der Waals surface area contributed by atoms with E-state index in [0.717, 1.165) is 91.6 Å². The zero-order chi connectivity index (χ0) is 89.9. The summed E-state index contributed by atoms with van der Waals surface area (Å²) in [5.41, 5.74) is 0.448. The molecule has 0 aromatic heterocycles. The number of phenolic OH excluding ortho intramolecular Hbond substituents is 3. The van der Waals surface area contributed by atoms with Crippen molar-refractivity contribution in [2.45, 2.75) is 247 Å². The minimum atomic E-state index is -2.39. The predicted octanol–water partition coefficient (Wildman–Crippen LogP) is 6.21. The fourth-order valence-corrected chi connectivity index (χ4v) is 18.6. The van der Waals surface area contributed by atoms with Gasteiger partial charge >= 0.3 is 12.2 Å². The first kappa shape index (κ1) is 91.2. The number of amides is 10. The van der Waals surface area contributed by atoms with Crippen LogP contribution >= 0.6 is 23.2 Å². The first-order valence-corrected chi connectivity index (χ1v) is 41.9. The number of alkyl carbamates (subject to hydrolysis) is 1. The van der Waals surface area contributed by atoms with Crippen LogP contribution in [-0.4, -0.2) is 209 Å². The number of aliphatic hydroxyl groups excluding tert-OH is 5. The largest absolute Gasteiger partial charge is 0.508 e. The van der Waals surface area contributed by atoms with Gasteiger partial charge in [-0.15, -0.1) is 0 Å². The number of aliphatic hydroxyl groups is 5. The molecule has 670 valence electrons. The maximum Gasteiger partial charge on any atom is 0.410 e. The molecule has 7 heterocycles. The van der Waals surface area contributed by atoms with Crippen LogP contribution in [0.2, 0.25) is 10.0 Å². The van der Waals surface area contributed by atoms with Gasteiger partial charge in [-0.2, -0.15) is 0 Å². The van der Waals surface area contributed by atoms with Crippen LogP contribution in [0.15, 0.2) is 78.9 Å². The Bertz CT molecular complexity index is 4960. The highest BCUT2D eigenvalue weighted by Crippen LogP contribution is 2.55. The van der Waals surface area contributed by atoms with Crippen LogP contribution in [0.3, 0.4) is 0 Å². The molecule has 9 unspecified atom stereocenters. The molecule has 0 radical (unpaired) electrons. The molecule has 0 spiro atoms. The van der Waals surface area contributed by atoms with Crippen LogP contribution in [0.5, 0.6) is 46.0 Å². The predicted molar refractivity (Wildman–Crippen MR) is 439 cm³/mol. The summed E-state index contributed by atoms with van der Waals surface area (Å²) in [4.78, 5) is 151. The van der Waals surface area contributed by atoms with Gasteiger partial charge in [0, 0.05) is 42.2 Å². The third kappa shape index (κ3) is 20.2. The van der Waals surface area contributed by atoms with Gasteiger partial charge in [0.15, 0.2) is 23.9 Å². The second kappa shape index (κ2) is 36.2. The van der Waals surface area contributed by atoms with E-state index in [1.165, 1.54) is 31.3 Å². The number of rotatable bonds is 15. The third-order valence-corrected chi connectivity index (χ3v) is 24.1. The Balaban J connectivity index is 1.00. The van der Waals surface area contributed by atoms with Gasteiger partial charge in [-0.3, -0.25) is 43.3 Å². The SMILES string of the molecule is CC(C)C[C@H](C(=O)N[C@H]1C(=O)N[C@@H](CC(N)=O)C(=O)N[C@H]2C(=O)N[C@H]3C(=O)N[C@@H](C(=O)NC(C(=O)NC4C5CC6CC(C5)CC4C6)c4cc(O)cc(O)c4-c4cc3ccc4O)[C@H](O)c3ccc(c(Cl)c3)Oc3cc2cc(c3OC2OC(CO)C(O)C(O)C2OC2CC(C)(NC(=O)OC(C)(C)C)CC(C)O2)Oc2ccc(cc2Cl)[C@H]1O)N(C)C(=O)OC(C)(C)C. The molecule has 16 rings (SSSR count). The van der Waals surface area contributed by atoms with Crippen molar-refractivity contribution in [3.63, 3.8) is 0 Å². The minimum absolute atomic E-state index is 0.0561. The Morgan fingerprint density at radius 3 is 1.83 bits per heavy atom. The molecule has 11 aliphatic rings. The van der Waals surface area contributed by atoms with E-state index in [2.05, 4.69) is 42.5 Å². The maximum atomic E-state index is 16.5. The average molecular weight is 1770 g/mol. The number of phenols is 3. The Morgan fingerprint density at radius 1 is 0.653 bits per heavy atom. The molecule has 38 heteroatoms. The summed E-state index contributed by atoms with van der Waals surface area (Å²) in [6.07, 6.45) is -14.7. The standard InChI is InChI=1S/C86H106Cl2N10O26/c1-35(2)18-51(98(11)83(116)124-85(7,8)9)75(109)95-66-68(104)40-13-16-54(48(87)25-40)118-56-27-44-28-57(72(56)122-81-73(71(107)70(106)58(34-99)120-81)121-60-33-86(10,32-36(3)117-60)97-82(115)123-84(4,5)6)119-55-17-14-41(26-49(55)88)69(105)67-80(114)94-65(78(112)91-62-42-20-37-19-38(22-42)23-43(62)21-37)47-29-45(100)30-53(102)61(47)46-24-39(12-15-52(46)101)63(76(110)96-67)93-77(111)64(44)92-74(108)50(31-59(89)103)90-79(66)113/h12-17,24-30,35-38,42-43,50-51,58,60,62-71,73,81,99-102,104-107H,18-23,31-34H2,1-11H3,(H2,89,103)(H,90,113)(H,91,112)(H,92,108)(H,93,111)(H,94,114)(H,95,109)(H,96,110)(H,97,115)/t36?,37?,38?,42?,43?,50-,51+,58?,60?,62?,63+,64+,65?,66+,67+,68+,69+,70?,71?,73?,81?,86?/m0/s1. The number of aromatic hydroxyl groups is 3. The van der Waals surface area contributed by atoms with E-state index in [1.807, 2.05) is 0 Å². The lowest BCUT2D eigenvalue weighted by Crippen LogP contribution is -2.63. The number of carbonyl (C=O) groups is 10. The van der Waals surface area contributed by atoms with Crippen LogP contribution in [0.4, 0.5) is 9.59 Å². The summed E-state index contributed by atoms with van der Waals surface area (Å²) in [5.74, 6) is -14.1. The van der Waals surface area contributed by atoms with Gasteiger partial charge in [-0.05, 0) is 212 Å². The van der Waals surface area contributed by atoms with Gasteiger partial charge in [0.2, 0.25) is 59.3 Å². The summed E-state index contributed by atoms with van der Waals surface area (Å²) in [7, 11) is 1.27. The van der Waals surface area contributed by atoms with Gasteiger partial charge < -0.3 is 127 Å². The Kier molecular flexibility index (Phi) is 26.6. The Hall–Kier alpha value is -10.5. The molecule has 2 saturated heterocycles. The number of carbonyl (C=O) groups excluding carboxylic acids is 10. The van der Waals surface area contributed by atoms with Gasteiger partial charge in [-0.25, -0.2) is 9.59 Å². The fraction of sp³-hybridized carbons (Fsp3) is 0.535. The highest BCUT2D eigenvalue weighted by atomic mass is 35.5. The van der Waals surface area contributed by atoms with Crippen molar-refractivity contribution in [3.05, 3.63) is 117 Å². The maximum absolute atomic E-state index is 16.5. The van der Waals surface area contributed by atoms with E-state index in [4.69, 9.17) is 66.8 Å². The minimum Gasteiger partial charge on any atom is -0.508 e. The lowest BCUT2D eigenvalue weighted by Gasteiger charge is -2.54. The molecule has 7 aliphatic heterocycles. The quantitative estimate of drug-likeness (QED) is 0.0554. The first-order chi connectivity index (χ1) is 58.3. The van der Waals surface area contributed by atoms with Crippen molar-refractivity contribution < 1.29 is 127 Å². The lowest BCUT2D eigenvalue weighted by molar-refractivity contribution is -0.328. The zero-order valence-electron chi connectivity index (χ0n) is 70.0. The number of nitrogens with zero attached hydrogens (tertiary/aromatic N) is 1. The second-order valence-corrected chi connectivity index (χ2v) is 37.0. The van der Waals surface area contributed by atoms with Gasteiger partial charge in [-0.1, -0.05) is 55.2 Å². The monoisotopic (exact) mass is 1760 g/mol. The van der Waals surface area contributed by atoms with Gasteiger partial charge in [0.05, 0.1) is 29.2 Å². The molecule has 36 nitrogen and oxygen atoms in total. The van der Waals surface area contributed by atoms with Gasteiger partial charge in [0.1, 0.15) is 113 Å². The molecule has 124 heavy (non-hydrogen) atoms. The van der Waals surface area contributed by atoms with Crippen molar-refractivity contribution >= 4 is 82.6 Å². The van der Waals surface area contributed by atoms with Crippen molar-refractivity contribution in [2.75, 3.05) is 13.7 Å². The van der Waals surface area contributed by atoms with Crippen molar-refractivity contribution in [2.24, 2.45) is 35.3 Å². The molecule has 5 aromatic carbocycles. The number of likely N-dealkylation sites (N-methyl/N-ethyl adjacent to an activating group) is 1. The number of nitrogens with two attached hydrogens (primary N) is 1. The van der Waals surface area contributed by atoms with E-state index >= 15 is 28.8 Å². The summed E-state index contributed by atoms with van der Waals surface area (Å²) in [5, 5.41) is 117. The molecule has 10 amide bonds. The number of hydrogen-bond acceptors (Lipinski definition) is 26. The Morgan fingerprint density at radius 2 is 1.24 bits per heavy atom. The first-order valence-electron chi connectivity index (χ1n) is 41.1. The van der Waals surface area contributed by atoms with E-state index in [1.54, 1.807) is 69.2 Å². The van der Waals surface area contributed by atoms with Crippen LogP contribution in [-0.2, 0) is 62.0 Å². The zero-order valence-corrected chi connectivity index (χ0v) is 71.5. The second-order valence-electron chi connectivity index (χ2n) is 36.2. The molecule has 5 aromatic rings. The number of hydrogen-bond donors (Lipinski definition) is 17. The molecule has 15 bridgehead atoms. The number of fused-ring (bicyclic) bond motifs is 15. The van der Waals surface area contributed by atoms with Crippen LogP contribution in [0, 0.1) is 29.6 Å². The lowest BCUT2D eigenvalue weighted by atomic mass is 9.54. The van der Waals surface area contributed by atoms with E-state index in [9.17, 15) is 60.0 Å². The number of ether oxygens (including phenoxy) is 8. The number of nitrogens with one attached hydrogen (secondary N) is 8. The van der Waals surface area contributed by atoms with E-state index in [-0.39, 0.29) is 81.9 Å². The highest BCUT2D eigenvalue weighted by Gasteiger charge is 2.53. The van der Waals surface area contributed by atoms with Crippen molar-refractivity contribution in [3.8, 4) is 57.1 Å². The van der Waals surface area contributed by atoms with E-state index in [0.29, 0.717) is 11.8 Å². The fourth-order valence-electron chi connectivity index (χ4n) is 18.1. The smallest absolute Gasteiger partial charge is 0.410 e. The number of halogens is 2. The van der Waals surface area contributed by atoms with Crippen LogP contribution < -0.4 is 62.5 Å². The molecule has 4 saturated carbocycles. The number of benzene rings is 5. The van der Waals surface area contributed by atoms with Crippen LogP contribution in [0.1, 0.15) is 185 Å². The molecule has 4 aliphatic carbocycles. The summed E-state index contributed by atoms with van der Waals surface area (Å²) >= 11 is 14.5. The normalized spacial score (nSPS) is 30.1. The molecule has 17 atom stereocenters. The molecule has 6 fully saturated rings. The summed E-state index contributed by atoms with van der Waals surface area (Å²) in [6, 6.07) is -0.587. The summed E-state index contributed by atoms with van der Waals surface area (Å²) in [6.45, 7) is 15.7. The average Bonchev–Trinajstić information content (AvgIpc) is 0.759. The Labute approximate surface area is 723 Å². The van der Waals surface area contributed by atoms with Crippen LogP contribution in [0.25, 0.3) is 11.1 Å². The molecule has 18 N–H and O–H groups in total. The molecular formula is C86H106Cl2N10O26. The number of primary amides is 1. The van der Waals surface area contributed by atoms with Crippen molar-refractivity contribution in [1.29, 1.82) is 0 Å². The highest BCUT2D eigenvalue weighted by molar-refractivity contribution is 6.32. The topological polar surface area (TPSA) is 532 Å². The third-order valence-electron chi connectivity index (χ3n) is 23.5. The molecular weight excluding hydrogens is 1660 g/mol. The van der Waals surface area contributed by atoms with Crippen molar-refractivity contribution in [1.82, 2.24) is 47.4 Å².